The molecule has 0 saturated heterocycles. The third-order valence-electron chi connectivity index (χ3n) is 3.76. The van der Waals surface area contributed by atoms with Crippen LogP contribution in [0.1, 0.15) is 0 Å². The van der Waals surface area contributed by atoms with Crippen molar-refractivity contribution in [3.05, 3.63) is 59.4 Å². The highest BCUT2D eigenvalue weighted by Crippen LogP contribution is 2.40. The van der Waals surface area contributed by atoms with Gasteiger partial charge in [-0.25, -0.2) is 22.0 Å². The van der Waals surface area contributed by atoms with Crippen LogP contribution in [0.4, 0.5) is 22.0 Å². The summed E-state index contributed by atoms with van der Waals surface area (Å²) in [5.74, 6) is -6.79. The number of benzene rings is 4. The van der Waals surface area contributed by atoms with Gasteiger partial charge in [-0.1, -0.05) is 18.2 Å². The fraction of sp³-hybridized carbons (Fsp3) is 0. The van der Waals surface area contributed by atoms with Crippen LogP contribution >= 0.6 is 0 Å². The predicted octanol–water partition coefficient (Wildman–Crippen LogP) is 5.28. The lowest BCUT2D eigenvalue weighted by atomic mass is 9.93. The number of hydrogen-bond donors (Lipinski definition) is 0. The molecule has 0 amide bonds. The smallest absolute Gasteiger partial charge is 0.170 e. The van der Waals surface area contributed by atoms with Crippen molar-refractivity contribution >= 4 is 32.3 Å². The van der Waals surface area contributed by atoms with Gasteiger partial charge < -0.3 is 0 Å². The van der Waals surface area contributed by atoms with Crippen molar-refractivity contribution in [2.75, 3.05) is 0 Å². The first-order valence-electron chi connectivity index (χ1n) is 6.09. The molecule has 0 fully saturated rings. The first-order valence-corrected chi connectivity index (χ1v) is 6.09. The Bertz CT molecular complexity index is 1040. The Balaban J connectivity index is 2.52. The zero-order chi connectivity index (χ0) is 14.9. The van der Waals surface area contributed by atoms with Gasteiger partial charge in [0.1, 0.15) is 5.82 Å². The van der Waals surface area contributed by atoms with Crippen molar-refractivity contribution in [3.63, 3.8) is 0 Å². The average Bonchev–Trinajstić information content (AvgIpc) is 2.46. The molecule has 0 nitrogen and oxygen atoms in total. The predicted molar refractivity (Wildman–Crippen MR) is 69.9 cm³/mol. The van der Waals surface area contributed by atoms with E-state index in [0.29, 0.717) is 5.39 Å². The molecule has 4 aromatic carbocycles. The van der Waals surface area contributed by atoms with Gasteiger partial charge in [0.25, 0.3) is 0 Å². The van der Waals surface area contributed by atoms with Gasteiger partial charge in [0, 0.05) is 10.8 Å². The zero-order valence-corrected chi connectivity index (χ0v) is 10.3. The lowest BCUT2D eigenvalue weighted by Gasteiger charge is -2.14. The first-order chi connectivity index (χ1) is 10.0. The Morgan fingerprint density at radius 2 is 1.05 bits per heavy atom. The Morgan fingerprint density at radius 3 is 1.81 bits per heavy atom. The van der Waals surface area contributed by atoms with Crippen LogP contribution in [-0.2, 0) is 0 Å². The largest absolute Gasteiger partial charge is 0.206 e. The molecule has 0 bridgehead atoms. The molecule has 0 heterocycles. The molecule has 0 radical (unpaired) electrons. The van der Waals surface area contributed by atoms with Crippen molar-refractivity contribution < 1.29 is 22.0 Å². The quantitative estimate of drug-likeness (QED) is 0.305. The SMILES string of the molecule is Fc1cc2ccc3ccc(F)c4c(F)c(F)c(c1F)c2c34. The van der Waals surface area contributed by atoms with Gasteiger partial charge in [-0.05, 0) is 22.9 Å². The highest BCUT2D eigenvalue weighted by Gasteiger charge is 2.24. The second-order valence-corrected chi connectivity index (χ2v) is 4.86. The third-order valence-corrected chi connectivity index (χ3v) is 3.76. The molecule has 0 aliphatic rings. The van der Waals surface area contributed by atoms with Gasteiger partial charge in [0.05, 0.1) is 10.8 Å². The molecule has 4 aromatic rings. The summed E-state index contributed by atoms with van der Waals surface area (Å²) in [5.41, 5.74) is 0. The number of halogens is 5. The monoisotopic (exact) mass is 292 g/mol. The molecule has 0 N–H and O–H groups in total. The minimum Gasteiger partial charge on any atom is -0.206 e. The normalized spacial score (nSPS) is 12.0. The molecule has 0 saturated carbocycles. The number of rotatable bonds is 0. The lowest BCUT2D eigenvalue weighted by Crippen LogP contribution is -1.99. The van der Waals surface area contributed by atoms with Crippen molar-refractivity contribution in [2.24, 2.45) is 0 Å². The van der Waals surface area contributed by atoms with Gasteiger partial charge in [-0.3, -0.25) is 0 Å². The van der Waals surface area contributed by atoms with E-state index in [2.05, 4.69) is 0 Å². The molecular formula is C16H5F5. The minimum atomic E-state index is -1.58. The lowest BCUT2D eigenvalue weighted by molar-refractivity contribution is 0.496. The second kappa shape index (κ2) is 3.81. The van der Waals surface area contributed by atoms with Crippen LogP contribution < -0.4 is 0 Å². The summed E-state index contributed by atoms with van der Waals surface area (Å²) in [7, 11) is 0. The Kier molecular flexibility index (Phi) is 2.24. The fourth-order valence-corrected chi connectivity index (χ4v) is 2.87. The maximum Gasteiger partial charge on any atom is 0.170 e. The first kappa shape index (κ1) is 12.3. The van der Waals surface area contributed by atoms with E-state index in [-0.39, 0.29) is 16.2 Å². The summed E-state index contributed by atoms with van der Waals surface area (Å²) in [5, 5.41) is -0.680. The van der Waals surface area contributed by atoms with E-state index in [0.717, 1.165) is 12.1 Å². The summed E-state index contributed by atoms with van der Waals surface area (Å²) in [6.07, 6.45) is 0. The standard InChI is InChI=1S/C16H5F5/c17-8-4-3-6-1-2-7-5-9(18)14(19)13-11(7)10(6)12(8)15(20)16(13)21/h1-5H. The Hall–Kier alpha value is -2.43. The summed E-state index contributed by atoms with van der Waals surface area (Å²) in [4.78, 5) is 0. The Labute approximate surface area is 114 Å². The van der Waals surface area contributed by atoms with Crippen LogP contribution in [0.25, 0.3) is 32.3 Å². The molecule has 0 unspecified atom stereocenters. The molecule has 0 atom stereocenters. The van der Waals surface area contributed by atoms with Crippen LogP contribution in [0.5, 0.6) is 0 Å². The summed E-state index contributed by atoms with van der Waals surface area (Å²) in [6.45, 7) is 0. The maximum absolute atomic E-state index is 14.1. The van der Waals surface area contributed by atoms with Crippen LogP contribution in [0.3, 0.4) is 0 Å². The van der Waals surface area contributed by atoms with E-state index in [1.807, 2.05) is 0 Å². The van der Waals surface area contributed by atoms with Crippen LogP contribution in [0, 0.1) is 29.1 Å². The molecular weight excluding hydrogens is 287 g/mol. The van der Waals surface area contributed by atoms with Crippen molar-refractivity contribution in [2.45, 2.75) is 0 Å². The maximum atomic E-state index is 14.1. The van der Waals surface area contributed by atoms with E-state index >= 15 is 0 Å². The molecule has 0 aliphatic carbocycles. The van der Waals surface area contributed by atoms with E-state index in [1.165, 1.54) is 18.2 Å². The third kappa shape index (κ3) is 1.38. The fourth-order valence-electron chi connectivity index (χ4n) is 2.87. The van der Waals surface area contributed by atoms with E-state index in [4.69, 9.17) is 0 Å². The van der Waals surface area contributed by atoms with E-state index < -0.39 is 39.9 Å². The second-order valence-electron chi connectivity index (χ2n) is 4.86. The van der Waals surface area contributed by atoms with Gasteiger partial charge in [0.2, 0.25) is 0 Å². The molecule has 4 rings (SSSR count). The zero-order valence-electron chi connectivity index (χ0n) is 10.3. The minimum absolute atomic E-state index is 0.0141. The topological polar surface area (TPSA) is 0 Å². The van der Waals surface area contributed by atoms with Gasteiger partial charge in [0.15, 0.2) is 23.3 Å². The molecule has 0 aliphatic heterocycles. The summed E-state index contributed by atoms with van der Waals surface area (Å²) in [6, 6.07) is 6.27. The van der Waals surface area contributed by atoms with Crippen molar-refractivity contribution in [1.82, 2.24) is 0 Å². The molecule has 0 aromatic heterocycles. The molecule has 5 heteroatoms. The van der Waals surface area contributed by atoms with Gasteiger partial charge in [-0.2, -0.15) is 0 Å². The number of hydrogen-bond acceptors (Lipinski definition) is 0. The molecule has 104 valence electrons. The Morgan fingerprint density at radius 1 is 0.476 bits per heavy atom. The highest BCUT2D eigenvalue weighted by molar-refractivity contribution is 6.23. The highest BCUT2D eigenvalue weighted by atomic mass is 19.2. The summed E-state index contributed by atoms with van der Waals surface area (Å²) < 4.78 is 69.5. The van der Waals surface area contributed by atoms with Crippen LogP contribution in [-0.4, -0.2) is 0 Å². The van der Waals surface area contributed by atoms with Crippen LogP contribution in [0.2, 0.25) is 0 Å². The van der Waals surface area contributed by atoms with Crippen molar-refractivity contribution in [3.8, 4) is 0 Å². The average molecular weight is 292 g/mol. The van der Waals surface area contributed by atoms with Crippen LogP contribution in [0.15, 0.2) is 30.3 Å². The van der Waals surface area contributed by atoms with Gasteiger partial charge in [-0.15, -0.1) is 0 Å². The van der Waals surface area contributed by atoms with E-state index in [1.54, 1.807) is 0 Å². The molecule has 21 heavy (non-hydrogen) atoms. The van der Waals surface area contributed by atoms with E-state index in [9.17, 15) is 22.0 Å². The summed E-state index contributed by atoms with van der Waals surface area (Å²) >= 11 is 0. The molecule has 0 spiro atoms. The van der Waals surface area contributed by atoms with Crippen molar-refractivity contribution in [1.29, 1.82) is 0 Å². The van der Waals surface area contributed by atoms with Gasteiger partial charge >= 0.3 is 0 Å².